The number of pyridine rings is 1. The zero-order valence-corrected chi connectivity index (χ0v) is 12.5. The Bertz CT molecular complexity index is 533. The third kappa shape index (κ3) is 2.79. The molecule has 5 heteroatoms. The van der Waals surface area contributed by atoms with Gasteiger partial charge in [-0.25, -0.2) is 4.98 Å². The number of hydrogen-bond donors (Lipinski definition) is 1. The molecule has 0 aromatic carbocycles. The van der Waals surface area contributed by atoms with Crippen LogP contribution in [-0.2, 0) is 0 Å². The van der Waals surface area contributed by atoms with Crippen molar-refractivity contribution in [2.75, 3.05) is 0 Å². The van der Waals surface area contributed by atoms with E-state index in [1.807, 2.05) is 19.2 Å². The van der Waals surface area contributed by atoms with Crippen LogP contribution in [0.25, 0.3) is 0 Å². The predicted molar refractivity (Wildman–Crippen MR) is 76.8 cm³/mol. The third-order valence-corrected chi connectivity index (χ3v) is 4.41. The summed E-state index contributed by atoms with van der Waals surface area (Å²) in [5.41, 5.74) is 2.12. The molecule has 0 saturated heterocycles. The molecule has 0 amide bonds. The fourth-order valence-corrected chi connectivity index (χ4v) is 2.93. The van der Waals surface area contributed by atoms with Gasteiger partial charge in [0.05, 0.1) is 5.69 Å². The van der Waals surface area contributed by atoms with Crippen molar-refractivity contribution in [1.82, 2.24) is 15.3 Å². The van der Waals surface area contributed by atoms with Crippen molar-refractivity contribution in [3.8, 4) is 0 Å². The molecule has 1 fully saturated rings. The van der Waals surface area contributed by atoms with Crippen molar-refractivity contribution < 1.29 is 0 Å². The molecule has 0 spiro atoms. The minimum Gasteiger partial charge on any atom is -0.300 e. The Kier molecular flexibility index (Phi) is 3.46. The molecule has 1 N–H and O–H groups in total. The number of aryl methyl sites for hydroxylation is 1. The average Bonchev–Trinajstić information content (AvgIpc) is 3.09. The van der Waals surface area contributed by atoms with E-state index in [4.69, 9.17) is 0 Å². The predicted octanol–water partition coefficient (Wildman–Crippen LogP) is 3.45. The first kappa shape index (κ1) is 12.3. The Morgan fingerprint density at radius 2 is 2.28 bits per heavy atom. The molecular formula is C13H14BrN3S. The molecule has 18 heavy (non-hydrogen) atoms. The van der Waals surface area contributed by atoms with Crippen LogP contribution in [0.3, 0.4) is 0 Å². The van der Waals surface area contributed by atoms with Gasteiger partial charge in [-0.2, -0.15) is 0 Å². The number of thiazole rings is 1. The molecule has 3 rings (SSSR count). The summed E-state index contributed by atoms with van der Waals surface area (Å²) in [6, 6.07) is 4.85. The lowest BCUT2D eigenvalue weighted by Crippen LogP contribution is -2.25. The van der Waals surface area contributed by atoms with Gasteiger partial charge < -0.3 is 5.32 Å². The van der Waals surface area contributed by atoms with E-state index in [0.717, 1.165) is 20.9 Å². The Labute approximate surface area is 119 Å². The number of aromatic nitrogens is 2. The highest BCUT2D eigenvalue weighted by atomic mass is 79.9. The maximum absolute atomic E-state index is 4.59. The molecule has 2 heterocycles. The van der Waals surface area contributed by atoms with Crippen LogP contribution in [0.2, 0.25) is 0 Å². The Balaban J connectivity index is 1.91. The first-order valence-electron chi connectivity index (χ1n) is 6.02. The summed E-state index contributed by atoms with van der Waals surface area (Å²) >= 11 is 5.12. The zero-order chi connectivity index (χ0) is 12.5. The molecular weight excluding hydrogens is 310 g/mol. The molecule has 2 aromatic heterocycles. The van der Waals surface area contributed by atoms with E-state index in [2.05, 4.69) is 42.7 Å². The summed E-state index contributed by atoms with van der Waals surface area (Å²) in [7, 11) is 0. The van der Waals surface area contributed by atoms with Crippen LogP contribution < -0.4 is 5.32 Å². The normalized spacial score (nSPS) is 16.8. The van der Waals surface area contributed by atoms with Gasteiger partial charge in [0, 0.05) is 27.8 Å². The van der Waals surface area contributed by atoms with Gasteiger partial charge in [0.15, 0.2) is 0 Å². The molecule has 2 aromatic rings. The second kappa shape index (κ2) is 5.07. The monoisotopic (exact) mass is 323 g/mol. The molecule has 1 atom stereocenters. The second-order valence-corrected chi connectivity index (χ2v) is 6.41. The van der Waals surface area contributed by atoms with Crippen molar-refractivity contribution in [2.24, 2.45) is 0 Å². The molecule has 1 saturated carbocycles. The summed E-state index contributed by atoms with van der Waals surface area (Å²) in [5.74, 6) is 0. The third-order valence-electron chi connectivity index (χ3n) is 2.91. The summed E-state index contributed by atoms with van der Waals surface area (Å²) < 4.78 is 1.01. The topological polar surface area (TPSA) is 37.8 Å². The van der Waals surface area contributed by atoms with Gasteiger partial charge >= 0.3 is 0 Å². The van der Waals surface area contributed by atoms with Crippen LogP contribution in [0.5, 0.6) is 0 Å². The fraction of sp³-hybridized carbons (Fsp3) is 0.385. The number of rotatable bonds is 4. The number of nitrogens with zero attached hydrogens (tertiary/aromatic N) is 2. The van der Waals surface area contributed by atoms with Crippen molar-refractivity contribution in [3.63, 3.8) is 0 Å². The van der Waals surface area contributed by atoms with Gasteiger partial charge in [0.1, 0.15) is 11.0 Å². The van der Waals surface area contributed by atoms with Crippen LogP contribution in [0.15, 0.2) is 28.2 Å². The van der Waals surface area contributed by atoms with Crippen molar-refractivity contribution in [3.05, 3.63) is 44.6 Å². The molecule has 3 nitrogen and oxygen atoms in total. The maximum atomic E-state index is 4.59. The van der Waals surface area contributed by atoms with Crippen molar-refractivity contribution in [2.45, 2.75) is 31.8 Å². The highest BCUT2D eigenvalue weighted by Gasteiger charge is 2.28. The van der Waals surface area contributed by atoms with Gasteiger partial charge in [0.25, 0.3) is 0 Å². The van der Waals surface area contributed by atoms with Crippen LogP contribution in [-0.4, -0.2) is 16.0 Å². The lowest BCUT2D eigenvalue weighted by molar-refractivity contribution is 0.584. The average molecular weight is 324 g/mol. The first-order chi connectivity index (χ1) is 8.72. The smallest absolute Gasteiger partial charge is 0.116 e. The van der Waals surface area contributed by atoms with E-state index in [-0.39, 0.29) is 6.04 Å². The van der Waals surface area contributed by atoms with Gasteiger partial charge in [-0.1, -0.05) is 0 Å². The van der Waals surface area contributed by atoms with Crippen LogP contribution in [0.1, 0.15) is 35.3 Å². The molecule has 1 unspecified atom stereocenters. The van der Waals surface area contributed by atoms with Crippen LogP contribution in [0.4, 0.5) is 0 Å². The Morgan fingerprint density at radius 1 is 1.44 bits per heavy atom. The Hall–Kier alpha value is -0.780. The minimum absolute atomic E-state index is 0.129. The molecule has 1 aliphatic rings. The fourth-order valence-electron chi connectivity index (χ4n) is 1.83. The van der Waals surface area contributed by atoms with E-state index in [1.165, 1.54) is 12.8 Å². The lowest BCUT2D eigenvalue weighted by Gasteiger charge is -2.15. The summed E-state index contributed by atoms with van der Waals surface area (Å²) in [6.07, 6.45) is 4.37. The number of nitrogens with one attached hydrogen (secondary N) is 1. The number of halogens is 1. The molecule has 94 valence electrons. The zero-order valence-electron chi connectivity index (χ0n) is 10.1. The molecule has 0 aliphatic heterocycles. The van der Waals surface area contributed by atoms with Gasteiger partial charge in [0.2, 0.25) is 0 Å². The van der Waals surface area contributed by atoms with Crippen molar-refractivity contribution in [1.29, 1.82) is 0 Å². The first-order valence-corrected chi connectivity index (χ1v) is 7.69. The maximum Gasteiger partial charge on any atom is 0.116 e. The Morgan fingerprint density at radius 3 is 2.83 bits per heavy atom. The van der Waals surface area contributed by atoms with Crippen LogP contribution in [0, 0.1) is 6.92 Å². The van der Waals surface area contributed by atoms with E-state index in [9.17, 15) is 0 Å². The van der Waals surface area contributed by atoms with Gasteiger partial charge in [-0.3, -0.25) is 4.98 Å². The quantitative estimate of drug-likeness (QED) is 0.936. The summed E-state index contributed by atoms with van der Waals surface area (Å²) in [6.45, 7) is 2.03. The summed E-state index contributed by atoms with van der Waals surface area (Å²) in [5, 5.41) is 6.83. The van der Waals surface area contributed by atoms with Crippen molar-refractivity contribution >= 4 is 27.3 Å². The highest BCUT2D eigenvalue weighted by molar-refractivity contribution is 9.10. The van der Waals surface area contributed by atoms with Gasteiger partial charge in [-0.05, 0) is 47.8 Å². The van der Waals surface area contributed by atoms with E-state index < -0.39 is 0 Å². The highest BCUT2D eigenvalue weighted by Crippen LogP contribution is 2.29. The van der Waals surface area contributed by atoms with E-state index >= 15 is 0 Å². The largest absolute Gasteiger partial charge is 0.300 e. The molecule has 1 aliphatic carbocycles. The van der Waals surface area contributed by atoms with Crippen LogP contribution >= 0.6 is 27.3 Å². The minimum atomic E-state index is 0.129. The second-order valence-electron chi connectivity index (χ2n) is 4.60. The molecule has 0 radical (unpaired) electrons. The SMILES string of the molecule is Cc1csc(C(NC2CC2)c2ccc(Br)cn2)n1. The standard InChI is InChI=1S/C13H14BrN3S/c1-8-7-18-13(16-8)12(17-10-3-4-10)11-5-2-9(14)6-15-11/h2,5-7,10,12,17H,3-4H2,1H3. The van der Waals surface area contributed by atoms with E-state index in [1.54, 1.807) is 11.3 Å². The lowest BCUT2D eigenvalue weighted by atomic mass is 10.2. The molecule has 0 bridgehead atoms. The van der Waals surface area contributed by atoms with Gasteiger partial charge in [-0.15, -0.1) is 11.3 Å². The summed E-state index contributed by atoms with van der Waals surface area (Å²) in [4.78, 5) is 9.10. The van der Waals surface area contributed by atoms with E-state index in [0.29, 0.717) is 6.04 Å². The number of hydrogen-bond acceptors (Lipinski definition) is 4.